The Morgan fingerprint density at radius 2 is 2.08 bits per heavy atom. The maximum absolute atomic E-state index is 12.4. The number of aliphatic hydroxyl groups is 1. The highest BCUT2D eigenvalue weighted by Gasteiger charge is 2.23. The molecule has 24 heavy (non-hydrogen) atoms. The van der Waals surface area contributed by atoms with Gasteiger partial charge in [-0.25, -0.2) is 0 Å². The van der Waals surface area contributed by atoms with Gasteiger partial charge in [0.25, 0.3) is 0 Å². The Kier molecular flexibility index (Phi) is 6.20. The Morgan fingerprint density at radius 3 is 2.88 bits per heavy atom. The number of morpholine rings is 1. The standard InChI is InChI=1S/C18H27N3O3/c22-16(13-21-7-9-24-10-8-21)12-20-18(23)17-11-15-4-2-1-3-14(15)5-6-19-17/h1-4,16-17,19,22H,5-13H2,(H,20,23)/t16-,17?/m1/s1. The van der Waals surface area contributed by atoms with E-state index in [2.05, 4.69) is 27.7 Å². The van der Waals surface area contributed by atoms with Gasteiger partial charge in [-0.05, 0) is 30.5 Å². The lowest BCUT2D eigenvalue weighted by molar-refractivity contribution is -0.123. The highest BCUT2D eigenvalue weighted by molar-refractivity contribution is 5.82. The van der Waals surface area contributed by atoms with Crippen LogP contribution in [-0.2, 0) is 22.4 Å². The summed E-state index contributed by atoms with van der Waals surface area (Å²) in [6.45, 7) is 4.76. The van der Waals surface area contributed by atoms with E-state index in [-0.39, 0.29) is 18.5 Å². The highest BCUT2D eigenvalue weighted by atomic mass is 16.5. The predicted molar refractivity (Wildman–Crippen MR) is 91.9 cm³/mol. The summed E-state index contributed by atoms with van der Waals surface area (Å²) in [5.74, 6) is -0.0345. The van der Waals surface area contributed by atoms with Gasteiger partial charge in [-0.1, -0.05) is 24.3 Å². The van der Waals surface area contributed by atoms with Gasteiger partial charge in [0.15, 0.2) is 0 Å². The van der Waals surface area contributed by atoms with Gasteiger partial charge in [-0.2, -0.15) is 0 Å². The number of carbonyl (C=O) groups is 1. The lowest BCUT2D eigenvalue weighted by atomic mass is 10.0. The molecule has 3 rings (SSSR count). The minimum Gasteiger partial charge on any atom is -0.390 e. The third-order valence-corrected chi connectivity index (χ3v) is 4.73. The van der Waals surface area contributed by atoms with Gasteiger partial charge in [0.05, 0.1) is 25.4 Å². The lowest BCUT2D eigenvalue weighted by Gasteiger charge is -2.28. The molecule has 0 aromatic heterocycles. The van der Waals surface area contributed by atoms with E-state index >= 15 is 0 Å². The Morgan fingerprint density at radius 1 is 1.33 bits per heavy atom. The first-order chi connectivity index (χ1) is 11.7. The van der Waals surface area contributed by atoms with Crippen LogP contribution in [-0.4, -0.2) is 74.0 Å². The maximum Gasteiger partial charge on any atom is 0.237 e. The number of benzene rings is 1. The van der Waals surface area contributed by atoms with Crippen LogP contribution in [0.1, 0.15) is 11.1 Å². The van der Waals surface area contributed by atoms with E-state index in [1.165, 1.54) is 11.1 Å². The molecule has 2 aliphatic rings. The fraction of sp³-hybridized carbons (Fsp3) is 0.611. The largest absolute Gasteiger partial charge is 0.390 e. The molecule has 1 fully saturated rings. The van der Waals surface area contributed by atoms with Gasteiger partial charge in [-0.15, -0.1) is 0 Å². The van der Waals surface area contributed by atoms with Crippen LogP contribution in [0.5, 0.6) is 0 Å². The summed E-state index contributed by atoms with van der Waals surface area (Å²) in [7, 11) is 0. The van der Waals surface area contributed by atoms with Crippen LogP contribution in [0, 0.1) is 0 Å². The van der Waals surface area contributed by atoms with Crippen molar-refractivity contribution in [3.8, 4) is 0 Å². The van der Waals surface area contributed by atoms with Crippen molar-refractivity contribution in [3.05, 3.63) is 35.4 Å². The van der Waals surface area contributed by atoms with Gasteiger partial charge in [-0.3, -0.25) is 9.69 Å². The van der Waals surface area contributed by atoms with Gasteiger partial charge in [0, 0.05) is 26.2 Å². The summed E-state index contributed by atoms with van der Waals surface area (Å²) in [5.41, 5.74) is 2.55. The number of hydrogen-bond donors (Lipinski definition) is 3. The molecule has 0 radical (unpaired) electrons. The molecule has 1 aromatic rings. The van der Waals surface area contributed by atoms with Crippen molar-refractivity contribution in [2.24, 2.45) is 0 Å². The fourth-order valence-electron chi connectivity index (χ4n) is 3.35. The minimum atomic E-state index is -0.551. The van der Waals surface area contributed by atoms with E-state index in [1.54, 1.807) is 0 Å². The summed E-state index contributed by atoms with van der Waals surface area (Å²) in [5, 5.41) is 16.3. The number of ether oxygens (including phenoxy) is 1. The first kappa shape index (κ1) is 17.4. The van der Waals surface area contributed by atoms with Gasteiger partial charge in [0.2, 0.25) is 5.91 Å². The molecule has 3 N–H and O–H groups in total. The maximum atomic E-state index is 12.4. The topological polar surface area (TPSA) is 73.8 Å². The number of nitrogens with one attached hydrogen (secondary N) is 2. The van der Waals surface area contributed by atoms with E-state index in [9.17, 15) is 9.90 Å². The van der Waals surface area contributed by atoms with Crippen LogP contribution in [0.25, 0.3) is 0 Å². The number of nitrogens with zero attached hydrogens (tertiary/aromatic N) is 1. The second-order valence-corrected chi connectivity index (χ2v) is 6.54. The Bertz CT molecular complexity index is 546. The molecule has 1 amide bonds. The van der Waals surface area contributed by atoms with Crippen LogP contribution in [0.4, 0.5) is 0 Å². The number of aliphatic hydroxyl groups excluding tert-OH is 1. The van der Waals surface area contributed by atoms with Crippen LogP contribution < -0.4 is 10.6 Å². The minimum absolute atomic E-state index is 0.0345. The van der Waals surface area contributed by atoms with Gasteiger partial charge in [0.1, 0.15) is 0 Å². The Labute approximate surface area is 143 Å². The smallest absolute Gasteiger partial charge is 0.237 e. The number of fused-ring (bicyclic) bond motifs is 1. The van der Waals surface area contributed by atoms with E-state index in [4.69, 9.17) is 4.74 Å². The molecule has 2 atom stereocenters. The number of hydrogen-bond acceptors (Lipinski definition) is 5. The molecular weight excluding hydrogens is 306 g/mol. The zero-order valence-electron chi connectivity index (χ0n) is 14.0. The normalized spacial score (nSPS) is 23.1. The third-order valence-electron chi connectivity index (χ3n) is 4.73. The van der Waals surface area contributed by atoms with Crippen LogP contribution in [0.3, 0.4) is 0 Å². The van der Waals surface area contributed by atoms with Crippen molar-refractivity contribution >= 4 is 5.91 Å². The molecule has 0 bridgehead atoms. The van der Waals surface area contributed by atoms with Crippen molar-refractivity contribution in [2.45, 2.75) is 25.0 Å². The summed E-state index contributed by atoms with van der Waals surface area (Å²) in [4.78, 5) is 14.6. The molecule has 0 spiro atoms. The average molecular weight is 333 g/mol. The van der Waals surface area contributed by atoms with E-state index in [1.807, 2.05) is 12.1 Å². The number of rotatable bonds is 5. The first-order valence-corrected chi connectivity index (χ1v) is 8.78. The van der Waals surface area contributed by atoms with Crippen LogP contribution in [0.2, 0.25) is 0 Å². The number of carbonyl (C=O) groups excluding carboxylic acids is 1. The molecule has 2 heterocycles. The van der Waals surface area contributed by atoms with Crippen LogP contribution >= 0.6 is 0 Å². The Hall–Kier alpha value is -1.47. The van der Waals surface area contributed by atoms with Crippen molar-refractivity contribution in [1.82, 2.24) is 15.5 Å². The van der Waals surface area contributed by atoms with Crippen molar-refractivity contribution < 1.29 is 14.6 Å². The molecule has 2 aliphatic heterocycles. The monoisotopic (exact) mass is 333 g/mol. The molecule has 6 nitrogen and oxygen atoms in total. The van der Waals surface area contributed by atoms with E-state index in [0.29, 0.717) is 26.2 Å². The van der Waals surface area contributed by atoms with Crippen molar-refractivity contribution in [1.29, 1.82) is 0 Å². The number of amides is 1. The molecule has 0 saturated carbocycles. The van der Waals surface area contributed by atoms with Crippen LogP contribution in [0.15, 0.2) is 24.3 Å². The quantitative estimate of drug-likeness (QED) is 0.681. The SMILES string of the molecule is O=C(NC[C@@H](O)CN1CCOCC1)C1Cc2ccccc2CCN1. The van der Waals surface area contributed by atoms with Gasteiger partial charge >= 0.3 is 0 Å². The molecule has 132 valence electrons. The second kappa shape index (κ2) is 8.58. The molecule has 1 aromatic carbocycles. The molecular formula is C18H27N3O3. The lowest BCUT2D eigenvalue weighted by Crippen LogP contribution is -2.49. The van der Waals surface area contributed by atoms with E-state index < -0.39 is 6.10 Å². The summed E-state index contributed by atoms with van der Waals surface area (Å²) < 4.78 is 5.30. The zero-order valence-corrected chi connectivity index (χ0v) is 14.0. The van der Waals surface area contributed by atoms with Crippen molar-refractivity contribution in [3.63, 3.8) is 0 Å². The van der Waals surface area contributed by atoms with Crippen molar-refractivity contribution in [2.75, 3.05) is 45.9 Å². The second-order valence-electron chi connectivity index (χ2n) is 6.54. The highest BCUT2D eigenvalue weighted by Crippen LogP contribution is 2.15. The summed E-state index contributed by atoms with van der Waals surface area (Å²) in [6.07, 6.45) is 1.09. The first-order valence-electron chi connectivity index (χ1n) is 8.78. The summed E-state index contributed by atoms with van der Waals surface area (Å²) in [6, 6.07) is 8.05. The predicted octanol–water partition coefficient (Wildman–Crippen LogP) is -0.447. The molecule has 1 saturated heterocycles. The van der Waals surface area contributed by atoms with Gasteiger partial charge < -0.3 is 20.5 Å². The Balaban J connectivity index is 1.46. The third kappa shape index (κ3) is 4.77. The molecule has 1 unspecified atom stereocenters. The number of β-amino-alcohol motifs (C(OH)–C–C–N with tert-alkyl or cyclic N) is 1. The fourth-order valence-corrected chi connectivity index (χ4v) is 3.35. The molecule has 0 aliphatic carbocycles. The van der Waals surface area contributed by atoms with E-state index in [0.717, 1.165) is 26.1 Å². The zero-order chi connectivity index (χ0) is 16.8. The molecule has 6 heteroatoms. The summed E-state index contributed by atoms with van der Waals surface area (Å²) >= 11 is 0. The average Bonchev–Trinajstić information content (AvgIpc) is 2.83.